The summed E-state index contributed by atoms with van der Waals surface area (Å²) in [6, 6.07) is 12.6. The lowest BCUT2D eigenvalue weighted by molar-refractivity contribution is -0.160. The minimum atomic E-state index is -0.323. The van der Waals surface area contributed by atoms with Crippen LogP contribution in [0.15, 0.2) is 42.5 Å². The monoisotopic (exact) mass is 558 g/mol. The van der Waals surface area contributed by atoms with Crippen molar-refractivity contribution in [1.29, 1.82) is 0 Å². The third kappa shape index (κ3) is 5.83. The van der Waals surface area contributed by atoms with E-state index in [9.17, 15) is 14.7 Å². The molecule has 4 atom stereocenters. The molecule has 3 fully saturated rings. The second kappa shape index (κ2) is 11.1. The summed E-state index contributed by atoms with van der Waals surface area (Å²) in [5.41, 5.74) is 1.54. The van der Waals surface area contributed by atoms with Crippen molar-refractivity contribution in [2.75, 3.05) is 26.7 Å². The number of likely N-dealkylation sites (N-methyl/N-ethyl adjacent to an activating group) is 1. The van der Waals surface area contributed by atoms with E-state index in [1.54, 1.807) is 18.2 Å². The number of phenols is 1. The summed E-state index contributed by atoms with van der Waals surface area (Å²) in [5.74, 6) is 0.758. The molecule has 1 amide bonds. The van der Waals surface area contributed by atoms with E-state index in [0.29, 0.717) is 16.5 Å². The molecule has 5 rings (SSSR count). The zero-order valence-electron chi connectivity index (χ0n) is 22.0. The van der Waals surface area contributed by atoms with Crippen LogP contribution < -0.4 is 0 Å². The first kappa shape index (κ1) is 27.3. The van der Waals surface area contributed by atoms with Crippen LogP contribution in [0.2, 0.25) is 10.0 Å². The molecule has 2 aliphatic carbocycles. The third-order valence-electron chi connectivity index (χ3n) is 8.82. The molecule has 38 heavy (non-hydrogen) atoms. The van der Waals surface area contributed by atoms with Crippen molar-refractivity contribution in [3.8, 4) is 5.75 Å². The van der Waals surface area contributed by atoms with Crippen LogP contribution in [0.1, 0.15) is 50.2 Å². The maximum absolute atomic E-state index is 13.5. The first-order valence-electron chi connectivity index (χ1n) is 13.5. The largest absolute Gasteiger partial charge is 0.508 e. The highest BCUT2D eigenvalue weighted by atomic mass is 35.5. The van der Waals surface area contributed by atoms with Gasteiger partial charge in [0.05, 0.1) is 16.5 Å². The summed E-state index contributed by atoms with van der Waals surface area (Å²) in [6.07, 6.45) is 4.69. The first-order chi connectivity index (χ1) is 18.1. The Bertz CT molecular complexity index is 1200. The predicted octanol–water partition coefficient (Wildman–Crippen LogP) is 5.46. The lowest BCUT2D eigenvalue weighted by Gasteiger charge is -2.56. The zero-order chi connectivity index (χ0) is 27.0. The Kier molecular flexibility index (Phi) is 7.95. The molecule has 0 radical (unpaired) electrons. The van der Waals surface area contributed by atoms with E-state index in [1.807, 2.05) is 30.1 Å². The fourth-order valence-electron chi connectivity index (χ4n) is 6.66. The van der Waals surface area contributed by atoms with Crippen molar-refractivity contribution in [2.45, 2.75) is 63.0 Å². The number of phenolic OH excluding ortho intramolecular Hbond substituents is 1. The smallest absolute Gasteiger partial charge is 0.302 e. The van der Waals surface area contributed by atoms with E-state index in [4.69, 9.17) is 27.9 Å². The van der Waals surface area contributed by atoms with Gasteiger partial charge in [-0.15, -0.1) is 0 Å². The molecule has 2 saturated carbocycles. The van der Waals surface area contributed by atoms with Gasteiger partial charge in [-0.05, 0) is 73.5 Å². The Balaban J connectivity index is 1.45. The topological polar surface area (TPSA) is 70.1 Å². The summed E-state index contributed by atoms with van der Waals surface area (Å²) in [4.78, 5) is 30.1. The van der Waals surface area contributed by atoms with Gasteiger partial charge in [-0.3, -0.25) is 9.59 Å². The van der Waals surface area contributed by atoms with Crippen LogP contribution >= 0.6 is 23.2 Å². The number of rotatable bonds is 7. The van der Waals surface area contributed by atoms with Crippen molar-refractivity contribution in [3.05, 3.63) is 63.6 Å². The summed E-state index contributed by atoms with van der Waals surface area (Å²) in [5, 5.41) is 11.3. The van der Waals surface area contributed by atoms with E-state index in [-0.39, 0.29) is 47.5 Å². The lowest BCUT2D eigenvalue weighted by atomic mass is 9.56. The summed E-state index contributed by atoms with van der Waals surface area (Å²) >= 11 is 12.2. The summed E-state index contributed by atoms with van der Waals surface area (Å²) < 4.78 is 6.02. The lowest BCUT2D eigenvalue weighted by Crippen LogP contribution is -2.62. The highest BCUT2D eigenvalue weighted by Crippen LogP contribution is 2.52. The number of carbonyl (C=O) groups excluding carboxylic acids is 2. The normalized spacial score (nSPS) is 27.4. The van der Waals surface area contributed by atoms with Gasteiger partial charge >= 0.3 is 5.97 Å². The Morgan fingerprint density at radius 2 is 1.95 bits per heavy atom. The third-order valence-corrected chi connectivity index (χ3v) is 9.56. The van der Waals surface area contributed by atoms with Gasteiger partial charge in [0.2, 0.25) is 5.91 Å². The fourth-order valence-corrected chi connectivity index (χ4v) is 6.99. The van der Waals surface area contributed by atoms with Gasteiger partial charge in [-0.1, -0.05) is 41.4 Å². The average Bonchev–Trinajstić information content (AvgIpc) is 3.69. The molecule has 204 valence electrons. The molecule has 2 aromatic rings. The first-order valence-corrected chi connectivity index (χ1v) is 14.3. The minimum Gasteiger partial charge on any atom is -0.508 e. The number of fused-ring (bicyclic) bond motifs is 1. The molecule has 1 unspecified atom stereocenters. The van der Waals surface area contributed by atoms with Gasteiger partial charge in [0.1, 0.15) is 11.9 Å². The van der Waals surface area contributed by atoms with Crippen LogP contribution in [0, 0.1) is 11.8 Å². The molecule has 1 N–H and O–H groups in total. The number of nitrogens with zero attached hydrogens (tertiary/aromatic N) is 2. The quantitative estimate of drug-likeness (QED) is 0.456. The van der Waals surface area contributed by atoms with E-state index in [0.717, 1.165) is 49.5 Å². The number of benzene rings is 2. The molecule has 8 heteroatoms. The molecule has 0 spiro atoms. The standard InChI is InChI=1S/C30H36Cl2N2O4/c1-19(35)38-28-15-23(33(2)29(37)13-21-8-9-26(31)27(32)12-21)16-30(22-4-3-5-24(36)14-22)10-11-34(18-25(28)30)17-20-6-7-20/h3-5,8-9,12,14,20,23,25,28,36H,6-7,10-11,13,15-18H2,1-2H3/t23-,25+,28?,30+/m1/s1. The number of hydrogen-bond acceptors (Lipinski definition) is 5. The number of aromatic hydroxyl groups is 1. The minimum absolute atomic E-state index is 0.0226. The number of likely N-dealkylation sites (tertiary alicyclic amines) is 1. The Hall–Kier alpha value is -2.28. The van der Waals surface area contributed by atoms with Gasteiger partial charge in [-0.2, -0.15) is 0 Å². The molecule has 2 aromatic carbocycles. The van der Waals surface area contributed by atoms with Crippen LogP contribution in [-0.2, 0) is 26.2 Å². The number of esters is 1. The van der Waals surface area contributed by atoms with Crippen LogP contribution in [-0.4, -0.2) is 65.6 Å². The molecular formula is C30H36Cl2N2O4. The van der Waals surface area contributed by atoms with E-state index in [2.05, 4.69) is 11.0 Å². The second-order valence-electron chi connectivity index (χ2n) is 11.4. The number of hydrogen-bond donors (Lipinski definition) is 1. The molecule has 3 aliphatic rings. The number of halogens is 2. The Morgan fingerprint density at radius 1 is 1.16 bits per heavy atom. The van der Waals surface area contributed by atoms with Gasteiger partial charge in [0.15, 0.2) is 0 Å². The SMILES string of the molecule is CC(=O)OC1C[C@@H](N(C)C(=O)Cc2ccc(Cl)c(Cl)c2)C[C@]2(c3cccc(O)c3)CCN(CC3CC3)C[C@@H]12. The Labute approximate surface area is 234 Å². The van der Waals surface area contributed by atoms with E-state index in [1.165, 1.54) is 19.8 Å². The number of piperidine rings is 1. The number of amides is 1. The molecule has 1 saturated heterocycles. The highest BCUT2D eigenvalue weighted by molar-refractivity contribution is 6.42. The van der Waals surface area contributed by atoms with Crippen LogP contribution in [0.5, 0.6) is 5.75 Å². The van der Waals surface area contributed by atoms with Gasteiger partial charge < -0.3 is 19.6 Å². The zero-order valence-corrected chi connectivity index (χ0v) is 23.5. The van der Waals surface area contributed by atoms with Crippen molar-refractivity contribution in [2.24, 2.45) is 11.8 Å². The Morgan fingerprint density at radius 3 is 2.63 bits per heavy atom. The van der Waals surface area contributed by atoms with Gasteiger partial charge in [0, 0.05) is 50.9 Å². The second-order valence-corrected chi connectivity index (χ2v) is 12.3. The maximum atomic E-state index is 13.5. The summed E-state index contributed by atoms with van der Waals surface area (Å²) in [6.45, 7) is 4.34. The molecule has 0 aromatic heterocycles. The number of carbonyl (C=O) groups is 2. The molecular weight excluding hydrogens is 523 g/mol. The molecule has 6 nitrogen and oxygen atoms in total. The van der Waals surface area contributed by atoms with Crippen LogP contribution in [0.25, 0.3) is 0 Å². The van der Waals surface area contributed by atoms with Crippen LogP contribution in [0.4, 0.5) is 0 Å². The van der Waals surface area contributed by atoms with Crippen molar-refractivity contribution >= 4 is 35.1 Å². The van der Waals surface area contributed by atoms with Gasteiger partial charge in [-0.25, -0.2) is 0 Å². The number of ether oxygens (including phenoxy) is 1. The van der Waals surface area contributed by atoms with Crippen LogP contribution in [0.3, 0.4) is 0 Å². The van der Waals surface area contributed by atoms with Crippen molar-refractivity contribution < 1.29 is 19.4 Å². The molecule has 0 bridgehead atoms. The molecule has 1 aliphatic heterocycles. The van der Waals surface area contributed by atoms with E-state index >= 15 is 0 Å². The average molecular weight is 560 g/mol. The highest BCUT2D eigenvalue weighted by Gasteiger charge is 2.54. The summed E-state index contributed by atoms with van der Waals surface area (Å²) in [7, 11) is 1.84. The molecule has 1 heterocycles. The maximum Gasteiger partial charge on any atom is 0.302 e. The van der Waals surface area contributed by atoms with Crippen molar-refractivity contribution in [3.63, 3.8) is 0 Å². The predicted molar refractivity (Wildman–Crippen MR) is 149 cm³/mol. The fraction of sp³-hybridized carbons (Fsp3) is 0.533. The van der Waals surface area contributed by atoms with Gasteiger partial charge in [0.25, 0.3) is 0 Å². The van der Waals surface area contributed by atoms with E-state index < -0.39 is 0 Å². The van der Waals surface area contributed by atoms with Crippen molar-refractivity contribution in [1.82, 2.24) is 9.80 Å².